The normalized spacial score (nSPS) is 17.4. The SMILES string of the molecule is CC(C)CN1CCN(c2cccc(Cl)c2N)CC1. The summed E-state index contributed by atoms with van der Waals surface area (Å²) in [6.45, 7) is 9.96. The Kier molecular flexibility index (Phi) is 4.36. The molecule has 1 aliphatic heterocycles. The molecule has 2 rings (SSSR count). The molecule has 1 aromatic carbocycles. The highest BCUT2D eigenvalue weighted by molar-refractivity contribution is 6.33. The first-order valence-electron chi connectivity index (χ1n) is 6.59. The fraction of sp³-hybridized carbons (Fsp3) is 0.571. The van der Waals surface area contributed by atoms with Crippen molar-refractivity contribution in [3.8, 4) is 0 Å². The molecule has 0 radical (unpaired) electrons. The molecule has 0 aromatic heterocycles. The van der Waals surface area contributed by atoms with Crippen LogP contribution in [0.25, 0.3) is 0 Å². The molecule has 1 saturated heterocycles. The van der Waals surface area contributed by atoms with E-state index >= 15 is 0 Å². The van der Waals surface area contributed by atoms with Gasteiger partial charge in [-0.2, -0.15) is 0 Å². The average Bonchev–Trinajstić information content (AvgIpc) is 2.33. The highest BCUT2D eigenvalue weighted by Crippen LogP contribution is 2.30. The number of anilines is 2. The zero-order valence-corrected chi connectivity index (χ0v) is 12.0. The predicted molar refractivity (Wildman–Crippen MR) is 79.4 cm³/mol. The van der Waals surface area contributed by atoms with Gasteiger partial charge in [-0.25, -0.2) is 0 Å². The third kappa shape index (κ3) is 3.09. The number of hydrogen-bond acceptors (Lipinski definition) is 3. The van der Waals surface area contributed by atoms with Gasteiger partial charge in [0.2, 0.25) is 0 Å². The van der Waals surface area contributed by atoms with Crippen molar-refractivity contribution in [2.75, 3.05) is 43.4 Å². The first-order chi connectivity index (χ1) is 8.58. The van der Waals surface area contributed by atoms with Crippen LogP contribution in [-0.4, -0.2) is 37.6 Å². The molecule has 1 aliphatic rings. The molecular formula is C14H22ClN3. The van der Waals surface area contributed by atoms with E-state index in [1.165, 1.54) is 6.54 Å². The van der Waals surface area contributed by atoms with Crippen molar-refractivity contribution in [2.45, 2.75) is 13.8 Å². The molecule has 100 valence electrons. The van der Waals surface area contributed by atoms with Crippen molar-refractivity contribution >= 4 is 23.0 Å². The molecule has 4 heteroatoms. The van der Waals surface area contributed by atoms with Crippen molar-refractivity contribution in [3.05, 3.63) is 23.2 Å². The van der Waals surface area contributed by atoms with Gasteiger partial charge in [-0.3, -0.25) is 4.90 Å². The number of hydrogen-bond donors (Lipinski definition) is 1. The standard InChI is InChI=1S/C14H22ClN3/c1-11(2)10-17-6-8-18(9-7-17)13-5-3-4-12(15)14(13)16/h3-5,11H,6-10,16H2,1-2H3. The Morgan fingerprint density at radius 1 is 1.22 bits per heavy atom. The first-order valence-corrected chi connectivity index (χ1v) is 6.97. The van der Waals surface area contributed by atoms with Crippen LogP contribution in [0.15, 0.2) is 18.2 Å². The molecule has 1 aromatic rings. The van der Waals surface area contributed by atoms with Gasteiger partial charge in [-0.15, -0.1) is 0 Å². The van der Waals surface area contributed by atoms with Crippen LogP contribution in [0, 0.1) is 5.92 Å². The fourth-order valence-corrected chi connectivity index (χ4v) is 2.66. The maximum absolute atomic E-state index is 6.07. The van der Waals surface area contributed by atoms with Crippen LogP contribution in [0.5, 0.6) is 0 Å². The van der Waals surface area contributed by atoms with Gasteiger partial charge < -0.3 is 10.6 Å². The molecule has 0 saturated carbocycles. The molecule has 3 nitrogen and oxygen atoms in total. The van der Waals surface area contributed by atoms with E-state index in [0.717, 1.165) is 37.8 Å². The molecule has 0 spiro atoms. The lowest BCUT2D eigenvalue weighted by atomic mass is 10.1. The second-order valence-corrected chi connectivity index (χ2v) is 5.76. The summed E-state index contributed by atoms with van der Waals surface area (Å²) in [5.41, 5.74) is 7.82. The Hall–Kier alpha value is -0.930. The lowest BCUT2D eigenvalue weighted by Gasteiger charge is -2.37. The number of halogens is 1. The maximum atomic E-state index is 6.07. The van der Waals surface area contributed by atoms with Crippen LogP contribution in [0.2, 0.25) is 5.02 Å². The van der Waals surface area contributed by atoms with Crippen LogP contribution in [0.3, 0.4) is 0 Å². The predicted octanol–water partition coefficient (Wildman–Crippen LogP) is 2.70. The summed E-state index contributed by atoms with van der Waals surface area (Å²) in [4.78, 5) is 4.85. The van der Waals surface area contributed by atoms with Crippen molar-refractivity contribution in [1.82, 2.24) is 4.90 Å². The van der Waals surface area contributed by atoms with Crippen molar-refractivity contribution in [1.29, 1.82) is 0 Å². The summed E-state index contributed by atoms with van der Waals surface area (Å²) >= 11 is 6.07. The van der Waals surface area contributed by atoms with Crippen molar-refractivity contribution in [3.63, 3.8) is 0 Å². The van der Waals surface area contributed by atoms with E-state index in [4.69, 9.17) is 17.3 Å². The number of nitrogens with zero attached hydrogens (tertiary/aromatic N) is 2. The molecule has 18 heavy (non-hydrogen) atoms. The highest BCUT2D eigenvalue weighted by Gasteiger charge is 2.19. The van der Waals surface area contributed by atoms with Gasteiger partial charge in [0.05, 0.1) is 16.4 Å². The number of benzene rings is 1. The molecule has 1 fully saturated rings. The summed E-state index contributed by atoms with van der Waals surface area (Å²) in [6.07, 6.45) is 0. The van der Waals surface area contributed by atoms with Crippen LogP contribution in [0.4, 0.5) is 11.4 Å². The van der Waals surface area contributed by atoms with Gasteiger partial charge >= 0.3 is 0 Å². The van der Waals surface area contributed by atoms with Gasteiger partial charge in [0, 0.05) is 32.7 Å². The topological polar surface area (TPSA) is 32.5 Å². The molecule has 0 bridgehead atoms. The highest BCUT2D eigenvalue weighted by atomic mass is 35.5. The maximum Gasteiger partial charge on any atom is 0.0741 e. The molecular weight excluding hydrogens is 246 g/mol. The zero-order chi connectivity index (χ0) is 13.1. The molecule has 0 aliphatic carbocycles. The number of nitrogen functional groups attached to an aromatic ring is 1. The lowest BCUT2D eigenvalue weighted by molar-refractivity contribution is 0.231. The van der Waals surface area contributed by atoms with E-state index in [9.17, 15) is 0 Å². The van der Waals surface area contributed by atoms with Crippen LogP contribution in [-0.2, 0) is 0 Å². The van der Waals surface area contributed by atoms with Crippen LogP contribution >= 0.6 is 11.6 Å². The quantitative estimate of drug-likeness (QED) is 0.855. The summed E-state index contributed by atoms with van der Waals surface area (Å²) in [6, 6.07) is 5.86. The summed E-state index contributed by atoms with van der Waals surface area (Å²) in [7, 11) is 0. The Morgan fingerprint density at radius 2 is 1.89 bits per heavy atom. The van der Waals surface area contributed by atoms with Gasteiger partial charge in [0.1, 0.15) is 0 Å². The van der Waals surface area contributed by atoms with Crippen molar-refractivity contribution < 1.29 is 0 Å². The number of nitrogens with two attached hydrogens (primary N) is 1. The third-order valence-electron chi connectivity index (χ3n) is 3.37. The summed E-state index contributed by atoms with van der Waals surface area (Å²) in [5, 5.41) is 0.650. The summed E-state index contributed by atoms with van der Waals surface area (Å²) in [5.74, 6) is 0.729. The van der Waals surface area contributed by atoms with Gasteiger partial charge in [-0.1, -0.05) is 31.5 Å². The minimum atomic E-state index is 0.650. The van der Waals surface area contributed by atoms with Crippen molar-refractivity contribution in [2.24, 2.45) is 5.92 Å². The molecule has 0 amide bonds. The van der Waals surface area contributed by atoms with E-state index in [1.807, 2.05) is 12.1 Å². The molecule has 2 N–H and O–H groups in total. The van der Waals surface area contributed by atoms with Crippen LogP contribution < -0.4 is 10.6 Å². The Bertz CT molecular complexity index is 398. The minimum Gasteiger partial charge on any atom is -0.396 e. The monoisotopic (exact) mass is 267 g/mol. The molecule has 0 unspecified atom stereocenters. The van der Waals surface area contributed by atoms with Crippen LogP contribution in [0.1, 0.15) is 13.8 Å². The number of piperazine rings is 1. The Morgan fingerprint density at radius 3 is 2.50 bits per heavy atom. The fourth-order valence-electron chi connectivity index (χ4n) is 2.49. The van der Waals surface area contributed by atoms with Gasteiger partial charge in [-0.05, 0) is 18.1 Å². The molecule has 0 atom stereocenters. The van der Waals surface area contributed by atoms with Gasteiger partial charge in [0.15, 0.2) is 0 Å². The van der Waals surface area contributed by atoms with E-state index in [0.29, 0.717) is 10.7 Å². The van der Waals surface area contributed by atoms with E-state index in [1.54, 1.807) is 0 Å². The second-order valence-electron chi connectivity index (χ2n) is 5.35. The lowest BCUT2D eigenvalue weighted by Crippen LogP contribution is -2.47. The van der Waals surface area contributed by atoms with E-state index in [2.05, 4.69) is 29.7 Å². The number of rotatable bonds is 3. The second kappa shape index (κ2) is 5.81. The molecule has 1 heterocycles. The first kappa shape index (κ1) is 13.5. The minimum absolute atomic E-state index is 0.650. The summed E-state index contributed by atoms with van der Waals surface area (Å²) < 4.78 is 0. The third-order valence-corrected chi connectivity index (χ3v) is 3.70. The van der Waals surface area contributed by atoms with E-state index < -0.39 is 0 Å². The largest absolute Gasteiger partial charge is 0.396 e. The Labute approximate surface area is 115 Å². The number of para-hydroxylation sites is 1. The van der Waals surface area contributed by atoms with Gasteiger partial charge in [0.25, 0.3) is 0 Å². The van der Waals surface area contributed by atoms with E-state index in [-0.39, 0.29) is 0 Å². The zero-order valence-electron chi connectivity index (χ0n) is 11.2. The Balaban J connectivity index is 1.99. The average molecular weight is 268 g/mol. The smallest absolute Gasteiger partial charge is 0.0741 e.